The number of carbonyl (C=O) groups excluding carboxylic acids is 1. The fraction of sp³-hybridized carbons (Fsp3) is 0.778. The molecular weight excluding hydrogens is 208 g/mol. The highest BCUT2D eigenvalue weighted by molar-refractivity contribution is 5.76. The maximum Gasteiger partial charge on any atom is 0.224 e. The van der Waals surface area contributed by atoms with Crippen molar-refractivity contribution in [3.63, 3.8) is 0 Å². The summed E-state index contributed by atoms with van der Waals surface area (Å²) in [6.45, 7) is 5.75. The highest BCUT2D eigenvalue weighted by Crippen LogP contribution is 1.99. The van der Waals surface area contributed by atoms with Gasteiger partial charge in [0.25, 0.3) is 0 Å². The van der Waals surface area contributed by atoms with E-state index in [0.717, 1.165) is 32.0 Å². The first-order valence-electron chi connectivity index (χ1n) is 5.48. The molecule has 0 bridgehead atoms. The van der Waals surface area contributed by atoms with E-state index in [1.807, 2.05) is 11.8 Å². The fourth-order valence-corrected chi connectivity index (χ4v) is 1.73. The molecule has 88 valence electrons. The molecule has 7 nitrogen and oxygen atoms in total. The number of piperazine rings is 1. The van der Waals surface area contributed by atoms with Crippen LogP contribution in [0.15, 0.2) is 0 Å². The summed E-state index contributed by atoms with van der Waals surface area (Å²) in [6, 6.07) is 0. The largest absolute Gasteiger partial charge is 0.340 e. The molecule has 1 amide bonds. The molecule has 1 aromatic heterocycles. The van der Waals surface area contributed by atoms with Crippen LogP contribution in [0, 0.1) is 6.92 Å². The van der Waals surface area contributed by atoms with Crippen molar-refractivity contribution >= 4 is 5.91 Å². The first-order valence-corrected chi connectivity index (χ1v) is 5.48. The van der Waals surface area contributed by atoms with E-state index in [1.165, 1.54) is 0 Å². The van der Waals surface area contributed by atoms with Gasteiger partial charge in [0.05, 0.1) is 6.54 Å². The SMILES string of the molecule is Cc1nnnn1CCC(=O)N1CCNCC1. The lowest BCUT2D eigenvalue weighted by atomic mass is 10.3. The maximum absolute atomic E-state index is 11.8. The van der Waals surface area contributed by atoms with Crippen molar-refractivity contribution in [1.29, 1.82) is 0 Å². The summed E-state index contributed by atoms with van der Waals surface area (Å²) in [7, 11) is 0. The standard InChI is InChI=1S/C9H16N6O/c1-8-11-12-13-15(8)5-2-9(16)14-6-3-10-4-7-14/h10H,2-7H2,1H3. The Morgan fingerprint density at radius 3 is 2.81 bits per heavy atom. The van der Waals surface area contributed by atoms with Crippen LogP contribution >= 0.6 is 0 Å². The third-order valence-corrected chi connectivity index (χ3v) is 2.72. The van der Waals surface area contributed by atoms with Crippen molar-refractivity contribution in [3.8, 4) is 0 Å². The molecule has 1 saturated heterocycles. The molecule has 0 spiro atoms. The van der Waals surface area contributed by atoms with Crippen LogP contribution < -0.4 is 5.32 Å². The average molecular weight is 224 g/mol. The smallest absolute Gasteiger partial charge is 0.224 e. The Kier molecular flexibility index (Phi) is 3.45. The minimum absolute atomic E-state index is 0.177. The Bertz CT molecular complexity index is 357. The van der Waals surface area contributed by atoms with E-state index < -0.39 is 0 Å². The topological polar surface area (TPSA) is 75.9 Å². The Balaban J connectivity index is 1.81. The molecule has 0 atom stereocenters. The Hall–Kier alpha value is -1.50. The highest BCUT2D eigenvalue weighted by Gasteiger charge is 2.16. The molecule has 0 unspecified atom stereocenters. The zero-order valence-corrected chi connectivity index (χ0v) is 9.39. The Labute approximate surface area is 93.8 Å². The molecule has 1 aliphatic heterocycles. The molecule has 1 aromatic rings. The molecule has 0 aromatic carbocycles. The van der Waals surface area contributed by atoms with Gasteiger partial charge in [0.1, 0.15) is 5.82 Å². The molecule has 1 fully saturated rings. The third-order valence-electron chi connectivity index (χ3n) is 2.72. The molecule has 2 heterocycles. The van der Waals surface area contributed by atoms with Crippen LogP contribution in [0.1, 0.15) is 12.2 Å². The van der Waals surface area contributed by atoms with E-state index >= 15 is 0 Å². The van der Waals surface area contributed by atoms with Crippen LogP contribution in [0.25, 0.3) is 0 Å². The van der Waals surface area contributed by atoms with Crippen molar-refractivity contribution < 1.29 is 4.79 Å². The van der Waals surface area contributed by atoms with Crippen LogP contribution in [0.5, 0.6) is 0 Å². The number of aryl methyl sites for hydroxylation is 2. The third kappa shape index (κ3) is 2.54. The fourth-order valence-electron chi connectivity index (χ4n) is 1.73. The van der Waals surface area contributed by atoms with Crippen molar-refractivity contribution in [2.24, 2.45) is 0 Å². The second-order valence-corrected chi connectivity index (χ2v) is 3.83. The van der Waals surface area contributed by atoms with Gasteiger partial charge in [-0.1, -0.05) is 0 Å². The van der Waals surface area contributed by atoms with Crippen LogP contribution in [0.3, 0.4) is 0 Å². The van der Waals surface area contributed by atoms with E-state index in [2.05, 4.69) is 20.8 Å². The van der Waals surface area contributed by atoms with Gasteiger partial charge in [0.15, 0.2) is 0 Å². The maximum atomic E-state index is 11.8. The first kappa shape index (κ1) is 11.0. The summed E-state index contributed by atoms with van der Waals surface area (Å²) in [5.74, 6) is 0.921. The molecule has 0 aliphatic carbocycles. The average Bonchev–Trinajstić information content (AvgIpc) is 2.73. The quantitative estimate of drug-likeness (QED) is 0.698. The molecule has 0 radical (unpaired) electrons. The lowest BCUT2D eigenvalue weighted by Gasteiger charge is -2.27. The zero-order chi connectivity index (χ0) is 11.4. The van der Waals surface area contributed by atoms with Crippen LogP contribution in [0.4, 0.5) is 0 Å². The Morgan fingerprint density at radius 1 is 1.44 bits per heavy atom. The van der Waals surface area contributed by atoms with Gasteiger partial charge in [-0.05, 0) is 17.4 Å². The van der Waals surface area contributed by atoms with Gasteiger partial charge in [-0.2, -0.15) is 0 Å². The predicted molar refractivity (Wildman–Crippen MR) is 56.6 cm³/mol. The second kappa shape index (κ2) is 5.02. The number of rotatable bonds is 3. The van der Waals surface area contributed by atoms with Crippen LogP contribution in [-0.4, -0.2) is 57.2 Å². The number of nitrogens with one attached hydrogen (secondary N) is 1. The molecule has 7 heteroatoms. The molecule has 1 aliphatic rings. The van der Waals surface area contributed by atoms with E-state index in [-0.39, 0.29) is 5.91 Å². The summed E-state index contributed by atoms with van der Waals surface area (Å²) in [4.78, 5) is 13.7. The second-order valence-electron chi connectivity index (χ2n) is 3.83. The minimum atomic E-state index is 0.177. The van der Waals surface area contributed by atoms with Crippen LogP contribution in [-0.2, 0) is 11.3 Å². The number of hydrogen-bond acceptors (Lipinski definition) is 5. The van der Waals surface area contributed by atoms with E-state index in [4.69, 9.17) is 0 Å². The van der Waals surface area contributed by atoms with Crippen molar-refractivity contribution in [2.45, 2.75) is 19.9 Å². The highest BCUT2D eigenvalue weighted by atomic mass is 16.2. The van der Waals surface area contributed by atoms with Crippen molar-refractivity contribution in [2.75, 3.05) is 26.2 Å². The number of carbonyl (C=O) groups is 1. The predicted octanol–water partition coefficient (Wildman–Crippen LogP) is -1.20. The minimum Gasteiger partial charge on any atom is -0.340 e. The summed E-state index contributed by atoms with van der Waals surface area (Å²) in [6.07, 6.45) is 0.464. The van der Waals surface area contributed by atoms with Crippen LogP contribution in [0.2, 0.25) is 0 Å². The lowest BCUT2D eigenvalue weighted by molar-refractivity contribution is -0.132. The van der Waals surface area contributed by atoms with Gasteiger partial charge in [-0.25, -0.2) is 4.68 Å². The van der Waals surface area contributed by atoms with E-state index in [0.29, 0.717) is 13.0 Å². The van der Waals surface area contributed by atoms with Gasteiger partial charge in [-0.15, -0.1) is 5.10 Å². The molecule has 0 saturated carbocycles. The molecule has 1 N–H and O–H groups in total. The molecular formula is C9H16N6O. The van der Waals surface area contributed by atoms with Crippen molar-refractivity contribution in [3.05, 3.63) is 5.82 Å². The van der Waals surface area contributed by atoms with Crippen molar-refractivity contribution in [1.82, 2.24) is 30.4 Å². The normalized spacial score (nSPS) is 16.4. The monoisotopic (exact) mass is 224 g/mol. The van der Waals surface area contributed by atoms with Gasteiger partial charge in [0.2, 0.25) is 5.91 Å². The number of aromatic nitrogens is 4. The number of nitrogens with zero attached hydrogens (tertiary/aromatic N) is 5. The number of amides is 1. The van der Waals surface area contributed by atoms with Gasteiger partial charge in [0, 0.05) is 32.6 Å². The lowest BCUT2D eigenvalue weighted by Crippen LogP contribution is -2.46. The van der Waals surface area contributed by atoms with E-state index in [1.54, 1.807) is 4.68 Å². The summed E-state index contributed by atoms with van der Waals surface area (Å²) >= 11 is 0. The zero-order valence-electron chi connectivity index (χ0n) is 9.39. The summed E-state index contributed by atoms with van der Waals surface area (Å²) in [5, 5.41) is 14.3. The van der Waals surface area contributed by atoms with Gasteiger partial charge < -0.3 is 10.2 Å². The number of hydrogen-bond donors (Lipinski definition) is 1. The summed E-state index contributed by atoms with van der Waals surface area (Å²) in [5.41, 5.74) is 0. The van der Waals surface area contributed by atoms with Gasteiger partial charge in [-0.3, -0.25) is 4.79 Å². The summed E-state index contributed by atoms with van der Waals surface area (Å²) < 4.78 is 1.65. The number of tetrazole rings is 1. The Morgan fingerprint density at radius 2 is 2.19 bits per heavy atom. The first-order chi connectivity index (χ1) is 7.77. The molecule has 16 heavy (non-hydrogen) atoms. The van der Waals surface area contributed by atoms with Gasteiger partial charge >= 0.3 is 0 Å². The molecule has 2 rings (SSSR count). The van der Waals surface area contributed by atoms with E-state index in [9.17, 15) is 4.79 Å².